The van der Waals surface area contributed by atoms with Crippen molar-refractivity contribution in [2.45, 2.75) is 45.4 Å². The maximum atomic E-state index is 12.9. The number of rotatable bonds is 6. The second-order valence-electron chi connectivity index (χ2n) is 8.94. The fourth-order valence-electron chi connectivity index (χ4n) is 4.62. The van der Waals surface area contributed by atoms with Crippen molar-refractivity contribution in [3.63, 3.8) is 0 Å². The molecule has 0 aromatic carbocycles. The summed E-state index contributed by atoms with van der Waals surface area (Å²) >= 11 is 0. The molecule has 2 aromatic rings. The Morgan fingerprint density at radius 1 is 1.17 bits per heavy atom. The zero-order valence-electron chi connectivity index (χ0n) is 17.8. The van der Waals surface area contributed by atoms with E-state index in [1.54, 1.807) is 0 Å². The highest BCUT2D eigenvalue weighted by molar-refractivity contribution is 5.99. The van der Waals surface area contributed by atoms with Gasteiger partial charge in [-0.05, 0) is 62.7 Å². The van der Waals surface area contributed by atoms with Gasteiger partial charge in [0.1, 0.15) is 5.82 Å². The Bertz CT molecular complexity index is 817. The van der Waals surface area contributed by atoms with Crippen LogP contribution in [0.2, 0.25) is 0 Å². The Morgan fingerprint density at radius 2 is 1.93 bits per heavy atom. The molecule has 2 saturated heterocycles. The number of hydrogen-bond acceptors (Lipinski definition) is 4. The predicted octanol–water partition coefficient (Wildman–Crippen LogP) is 3.33. The minimum absolute atomic E-state index is 0.0507. The van der Waals surface area contributed by atoms with E-state index in [1.807, 2.05) is 28.8 Å². The number of nitrogens with one attached hydrogen (secondary N) is 1. The number of aromatic nitrogens is 2. The minimum atomic E-state index is -0.0507. The zero-order chi connectivity index (χ0) is 20.2. The van der Waals surface area contributed by atoms with Gasteiger partial charge in [-0.3, -0.25) is 4.79 Å². The molecule has 0 saturated carbocycles. The SMILES string of the molecule is CC(C)c1nc(C(=O)NCC2CCN(CC3CCOCC3)CC2)c2ccccn12. The third kappa shape index (κ3) is 4.81. The fourth-order valence-corrected chi connectivity index (χ4v) is 4.62. The van der Waals surface area contributed by atoms with E-state index in [1.165, 1.54) is 19.4 Å². The average Bonchev–Trinajstić information content (AvgIpc) is 3.14. The van der Waals surface area contributed by atoms with E-state index in [-0.39, 0.29) is 11.8 Å². The molecule has 2 aromatic heterocycles. The molecule has 0 bridgehead atoms. The Hall–Kier alpha value is -1.92. The Kier molecular flexibility index (Phi) is 6.50. The van der Waals surface area contributed by atoms with E-state index >= 15 is 0 Å². The molecule has 158 valence electrons. The van der Waals surface area contributed by atoms with Crippen LogP contribution in [0.3, 0.4) is 0 Å². The number of imidazole rings is 1. The largest absolute Gasteiger partial charge is 0.381 e. The summed E-state index contributed by atoms with van der Waals surface area (Å²) in [7, 11) is 0. The lowest BCUT2D eigenvalue weighted by Gasteiger charge is -2.35. The van der Waals surface area contributed by atoms with Crippen molar-refractivity contribution in [2.75, 3.05) is 39.4 Å². The van der Waals surface area contributed by atoms with Gasteiger partial charge < -0.3 is 19.4 Å². The lowest BCUT2D eigenvalue weighted by Crippen LogP contribution is -2.41. The highest BCUT2D eigenvalue weighted by Crippen LogP contribution is 2.22. The molecular formula is C23H34N4O2. The number of nitrogens with zero attached hydrogens (tertiary/aromatic N) is 3. The number of carbonyl (C=O) groups is 1. The predicted molar refractivity (Wildman–Crippen MR) is 114 cm³/mol. The number of piperidine rings is 1. The van der Waals surface area contributed by atoms with Gasteiger partial charge in [0.25, 0.3) is 5.91 Å². The number of pyridine rings is 1. The smallest absolute Gasteiger partial charge is 0.272 e. The molecular weight excluding hydrogens is 364 g/mol. The molecule has 0 atom stereocenters. The van der Waals surface area contributed by atoms with Gasteiger partial charge in [0.2, 0.25) is 0 Å². The van der Waals surface area contributed by atoms with Crippen LogP contribution >= 0.6 is 0 Å². The molecule has 0 unspecified atom stereocenters. The van der Waals surface area contributed by atoms with Crippen molar-refractivity contribution >= 4 is 11.4 Å². The zero-order valence-corrected chi connectivity index (χ0v) is 17.8. The second kappa shape index (κ2) is 9.26. The monoisotopic (exact) mass is 398 g/mol. The third-order valence-electron chi connectivity index (χ3n) is 6.42. The number of fused-ring (bicyclic) bond motifs is 1. The molecule has 2 fully saturated rings. The van der Waals surface area contributed by atoms with Gasteiger partial charge in [-0.2, -0.15) is 0 Å². The lowest BCUT2D eigenvalue weighted by molar-refractivity contribution is 0.0467. The van der Waals surface area contributed by atoms with Crippen molar-refractivity contribution in [3.8, 4) is 0 Å². The summed E-state index contributed by atoms with van der Waals surface area (Å²) < 4.78 is 7.51. The number of hydrogen-bond donors (Lipinski definition) is 1. The normalized spacial score (nSPS) is 19.8. The summed E-state index contributed by atoms with van der Waals surface area (Å²) in [5, 5.41) is 3.16. The second-order valence-corrected chi connectivity index (χ2v) is 8.94. The van der Waals surface area contributed by atoms with Crippen LogP contribution in [0.4, 0.5) is 0 Å². The fraction of sp³-hybridized carbons (Fsp3) is 0.652. The average molecular weight is 399 g/mol. The van der Waals surface area contributed by atoms with Gasteiger partial charge in [-0.1, -0.05) is 19.9 Å². The third-order valence-corrected chi connectivity index (χ3v) is 6.42. The summed E-state index contributed by atoms with van der Waals surface area (Å²) in [5.74, 6) is 2.51. The standard InChI is InChI=1S/C23H34N4O2/c1-17(2)22-25-21(20-5-3-4-10-27(20)22)23(28)24-15-18-6-11-26(12-7-18)16-19-8-13-29-14-9-19/h3-5,10,17-19H,6-9,11-16H2,1-2H3,(H,24,28). The summed E-state index contributed by atoms with van der Waals surface area (Å²) in [5.41, 5.74) is 1.44. The molecule has 4 heterocycles. The van der Waals surface area contributed by atoms with Gasteiger partial charge in [-0.25, -0.2) is 4.98 Å². The molecule has 0 spiro atoms. The van der Waals surface area contributed by atoms with Crippen molar-refractivity contribution < 1.29 is 9.53 Å². The summed E-state index contributed by atoms with van der Waals surface area (Å²) in [6, 6.07) is 5.92. The highest BCUT2D eigenvalue weighted by Gasteiger charge is 2.24. The molecule has 6 nitrogen and oxygen atoms in total. The Balaban J connectivity index is 1.29. The first-order valence-electron chi connectivity index (χ1n) is 11.2. The Labute approximate surface area is 173 Å². The van der Waals surface area contributed by atoms with Gasteiger partial charge >= 0.3 is 0 Å². The number of likely N-dealkylation sites (tertiary alicyclic amines) is 1. The molecule has 6 heteroatoms. The number of amides is 1. The van der Waals surface area contributed by atoms with Crippen molar-refractivity contribution in [1.82, 2.24) is 19.6 Å². The maximum Gasteiger partial charge on any atom is 0.272 e. The van der Waals surface area contributed by atoms with E-state index in [0.29, 0.717) is 11.6 Å². The van der Waals surface area contributed by atoms with Crippen molar-refractivity contribution in [1.29, 1.82) is 0 Å². The van der Waals surface area contributed by atoms with E-state index in [0.717, 1.165) is 62.9 Å². The van der Waals surface area contributed by atoms with Gasteiger partial charge in [0, 0.05) is 38.4 Å². The van der Waals surface area contributed by atoms with Crippen molar-refractivity contribution in [3.05, 3.63) is 35.9 Å². The van der Waals surface area contributed by atoms with E-state index < -0.39 is 0 Å². The molecule has 1 amide bonds. The number of carbonyl (C=O) groups excluding carboxylic acids is 1. The van der Waals surface area contributed by atoms with Gasteiger partial charge in [0.05, 0.1) is 5.52 Å². The summed E-state index contributed by atoms with van der Waals surface area (Å²) in [6.07, 6.45) is 6.71. The first-order valence-corrected chi connectivity index (χ1v) is 11.2. The maximum absolute atomic E-state index is 12.9. The summed E-state index contributed by atoms with van der Waals surface area (Å²) in [4.78, 5) is 20.1. The van der Waals surface area contributed by atoms with Crippen LogP contribution in [0, 0.1) is 11.8 Å². The first-order chi connectivity index (χ1) is 14.1. The molecule has 2 aliphatic rings. The van der Waals surface area contributed by atoms with Crippen molar-refractivity contribution in [2.24, 2.45) is 11.8 Å². The highest BCUT2D eigenvalue weighted by atomic mass is 16.5. The topological polar surface area (TPSA) is 58.9 Å². The van der Waals surface area contributed by atoms with Crippen LogP contribution in [-0.4, -0.2) is 59.6 Å². The lowest BCUT2D eigenvalue weighted by atomic mass is 9.94. The Morgan fingerprint density at radius 3 is 2.66 bits per heavy atom. The van der Waals surface area contributed by atoms with Gasteiger partial charge in [-0.15, -0.1) is 0 Å². The van der Waals surface area contributed by atoms with Crippen LogP contribution in [-0.2, 0) is 4.74 Å². The summed E-state index contributed by atoms with van der Waals surface area (Å²) in [6.45, 7) is 10.3. The first kappa shape index (κ1) is 20.4. The quantitative estimate of drug-likeness (QED) is 0.811. The molecule has 0 radical (unpaired) electrons. The van der Waals surface area contributed by atoms with Gasteiger partial charge in [0.15, 0.2) is 5.69 Å². The van der Waals surface area contributed by atoms with E-state index in [2.05, 4.69) is 29.0 Å². The van der Waals surface area contributed by atoms with Crippen LogP contribution < -0.4 is 5.32 Å². The van der Waals surface area contributed by atoms with Crippen LogP contribution in [0.15, 0.2) is 24.4 Å². The molecule has 29 heavy (non-hydrogen) atoms. The van der Waals surface area contributed by atoms with E-state index in [9.17, 15) is 4.79 Å². The molecule has 2 aliphatic heterocycles. The molecule has 4 rings (SSSR count). The van der Waals surface area contributed by atoms with Crippen LogP contribution in [0.5, 0.6) is 0 Å². The van der Waals surface area contributed by atoms with E-state index in [4.69, 9.17) is 4.74 Å². The van der Waals surface area contributed by atoms with Crippen LogP contribution in [0.1, 0.15) is 61.8 Å². The number of ether oxygens (including phenoxy) is 1. The molecule has 0 aliphatic carbocycles. The van der Waals surface area contributed by atoms with Crippen LogP contribution in [0.25, 0.3) is 5.52 Å². The molecule has 1 N–H and O–H groups in total. The minimum Gasteiger partial charge on any atom is -0.381 e.